The molecule has 1 heterocycles. The highest BCUT2D eigenvalue weighted by Crippen LogP contribution is 2.17. The maximum Gasteiger partial charge on any atom is 0.251 e. The minimum Gasteiger partial charge on any atom is -0.494 e. The van der Waals surface area contributed by atoms with Crippen LogP contribution < -0.4 is 15.4 Å². The van der Waals surface area contributed by atoms with Gasteiger partial charge in [0.1, 0.15) is 0 Å². The number of rotatable bonds is 4. The van der Waals surface area contributed by atoms with Crippen molar-refractivity contribution in [2.75, 3.05) is 26.7 Å². The SMILES string of the molecule is COc1ccc(C(=O)NCC2CNCC2O)cc1F. The van der Waals surface area contributed by atoms with Crippen LogP contribution in [0.3, 0.4) is 0 Å². The second kappa shape index (κ2) is 5.99. The summed E-state index contributed by atoms with van der Waals surface area (Å²) in [5.41, 5.74) is 0.235. The van der Waals surface area contributed by atoms with Crippen LogP contribution in [0.4, 0.5) is 4.39 Å². The highest BCUT2D eigenvalue weighted by atomic mass is 19.1. The number of aliphatic hydroxyl groups excluding tert-OH is 1. The number of ether oxygens (including phenoxy) is 1. The molecule has 2 unspecified atom stereocenters. The van der Waals surface area contributed by atoms with E-state index in [-0.39, 0.29) is 23.1 Å². The number of amides is 1. The van der Waals surface area contributed by atoms with Gasteiger partial charge >= 0.3 is 0 Å². The van der Waals surface area contributed by atoms with E-state index >= 15 is 0 Å². The summed E-state index contributed by atoms with van der Waals surface area (Å²) < 4.78 is 18.2. The van der Waals surface area contributed by atoms with E-state index in [1.54, 1.807) is 0 Å². The Bertz CT molecular complexity index is 467. The fourth-order valence-corrected chi connectivity index (χ4v) is 2.06. The number of nitrogens with one attached hydrogen (secondary N) is 2. The predicted molar refractivity (Wildman–Crippen MR) is 67.7 cm³/mol. The van der Waals surface area contributed by atoms with Crippen LogP contribution in [0.15, 0.2) is 18.2 Å². The van der Waals surface area contributed by atoms with E-state index in [9.17, 15) is 14.3 Å². The molecule has 6 heteroatoms. The summed E-state index contributed by atoms with van der Waals surface area (Å²) in [6.07, 6.45) is -0.451. The van der Waals surface area contributed by atoms with Crippen molar-refractivity contribution in [2.24, 2.45) is 5.92 Å². The Labute approximate surface area is 110 Å². The van der Waals surface area contributed by atoms with Crippen LogP contribution in [0.25, 0.3) is 0 Å². The van der Waals surface area contributed by atoms with Crippen LogP contribution in [-0.2, 0) is 0 Å². The maximum atomic E-state index is 13.5. The Morgan fingerprint density at radius 1 is 1.58 bits per heavy atom. The molecule has 1 aliphatic heterocycles. The van der Waals surface area contributed by atoms with Gasteiger partial charge in [0, 0.05) is 31.1 Å². The molecule has 2 atom stereocenters. The average molecular weight is 268 g/mol. The number of β-amino-alcohol motifs (C(OH)–C–C–N with tert-alkyl or cyclic N) is 1. The minimum absolute atomic E-state index is 0.00737. The van der Waals surface area contributed by atoms with Gasteiger partial charge < -0.3 is 20.5 Å². The molecule has 1 aromatic carbocycles. The zero-order chi connectivity index (χ0) is 13.8. The molecule has 1 aromatic rings. The number of methoxy groups -OCH3 is 1. The van der Waals surface area contributed by atoms with E-state index in [1.807, 2.05) is 0 Å². The second-order valence-corrected chi connectivity index (χ2v) is 4.55. The molecule has 0 radical (unpaired) electrons. The van der Waals surface area contributed by atoms with Crippen LogP contribution >= 0.6 is 0 Å². The highest BCUT2D eigenvalue weighted by molar-refractivity contribution is 5.94. The molecule has 19 heavy (non-hydrogen) atoms. The van der Waals surface area contributed by atoms with E-state index in [0.29, 0.717) is 19.6 Å². The van der Waals surface area contributed by atoms with Gasteiger partial charge in [-0.05, 0) is 18.2 Å². The zero-order valence-electron chi connectivity index (χ0n) is 10.6. The number of hydrogen-bond acceptors (Lipinski definition) is 4. The topological polar surface area (TPSA) is 70.6 Å². The van der Waals surface area contributed by atoms with E-state index in [1.165, 1.54) is 19.2 Å². The number of aliphatic hydroxyl groups is 1. The summed E-state index contributed by atoms with van der Waals surface area (Å²) in [4.78, 5) is 11.8. The van der Waals surface area contributed by atoms with Crippen LogP contribution in [0.1, 0.15) is 10.4 Å². The van der Waals surface area contributed by atoms with Gasteiger partial charge in [-0.3, -0.25) is 4.79 Å². The number of carbonyl (C=O) groups excluding carboxylic acids is 1. The van der Waals surface area contributed by atoms with Crippen molar-refractivity contribution in [1.82, 2.24) is 10.6 Å². The molecule has 1 amide bonds. The monoisotopic (exact) mass is 268 g/mol. The molecule has 1 aliphatic rings. The van der Waals surface area contributed by atoms with Crippen molar-refractivity contribution in [3.05, 3.63) is 29.6 Å². The van der Waals surface area contributed by atoms with Crippen LogP contribution in [-0.4, -0.2) is 43.9 Å². The maximum absolute atomic E-state index is 13.5. The van der Waals surface area contributed by atoms with Gasteiger partial charge in [-0.1, -0.05) is 0 Å². The molecule has 3 N–H and O–H groups in total. The molecular weight excluding hydrogens is 251 g/mol. The Kier molecular flexibility index (Phi) is 4.34. The first-order valence-electron chi connectivity index (χ1n) is 6.12. The van der Waals surface area contributed by atoms with Crippen molar-refractivity contribution in [3.63, 3.8) is 0 Å². The van der Waals surface area contributed by atoms with Crippen LogP contribution in [0.5, 0.6) is 5.75 Å². The largest absolute Gasteiger partial charge is 0.494 e. The lowest BCUT2D eigenvalue weighted by Crippen LogP contribution is -2.34. The molecule has 0 aromatic heterocycles. The first-order chi connectivity index (χ1) is 9.11. The second-order valence-electron chi connectivity index (χ2n) is 4.55. The zero-order valence-corrected chi connectivity index (χ0v) is 10.6. The molecule has 5 nitrogen and oxygen atoms in total. The lowest BCUT2D eigenvalue weighted by Gasteiger charge is -2.14. The molecule has 2 rings (SSSR count). The van der Waals surface area contributed by atoms with E-state index < -0.39 is 11.9 Å². The van der Waals surface area contributed by atoms with Crippen molar-refractivity contribution in [2.45, 2.75) is 6.10 Å². The average Bonchev–Trinajstić information content (AvgIpc) is 2.81. The molecule has 1 saturated heterocycles. The number of carbonyl (C=O) groups is 1. The fraction of sp³-hybridized carbons (Fsp3) is 0.462. The summed E-state index contributed by atoms with van der Waals surface area (Å²) in [6, 6.07) is 4.05. The van der Waals surface area contributed by atoms with Gasteiger partial charge in [0.2, 0.25) is 0 Å². The molecule has 104 valence electrons. The quantitative estimate of drug-likeness (QED) is 0.726. The normalized spacial score (nSPS) is 22.3. The first kappa shape index (κ1) is 13.8. The third kappa shape index (κ3) is 3.21. The number of benzene rings is 1. The molecule has 0 aliphatic carbocycles. The summed E-state index contributed by atoms with van der Waals surface area (Å²) in [5.74, 6) is -0.836. The third-order valence-electron chi connectivity index (χ3n) is 3.24. The number of halogens is 1. The van der Waals surface area contributed by atoms with Gasteiger partial charge in [-0.15, -0.1) is 0 Å². The minimum atomic E-state index is -0.572. The smallest absolute Gasteiger partial charge is 0.251 e. The van der Waals surface area contributed by atoms with E-state index in [0.717, 1.165) is 6.07 Å². The van der Waals surface area contributed by atoms with Gasteiger partial charge in [0.25, 0.3) is 5.91 Å². The molecule has 0 spiro atoms. The molecular formula is C13H17FN2O3. The van der Waals surface area contributed by atoms with E-state index in [4.69, 9.17) is 4.74 Å². The molecule has 0 saturated carbocycles. The predicted octanol–water partition coefficient (Wildman–Crippen LogP) is 0.144. The van der Waals surface area contributed by atoms with Crippen molar-refractivity contribution >= 4 is 5.91 Å². The summed E-state index contributed by atoms with van der Waals surface area (Å²) in [6.45, 7) is 1.57. The van der Waals surface area contributed by atoms with Crippen LogP contribution in [0, 0.1) is 11.7 Å². The van der Waals surface area contributed by atoms with E-state index in [2.05, 4.69) is 10.6 Å². The molecule has 1 fully saturated rings. The lowest BCUT2D eigenvalue weighted by atomic mass is 10.1. The summed E-state index contributed by atoms with van der Waals surface area (Å²) in [7, 11) is 1.37. The van der Waals surface area contributed by atoms with Gasteiger partial charge in [-0.25, -0.2) is 4.39 Å². The Balaban J connectivity index is 1.94. The number of hydrogen-bond donors (Lipinski definition) is 3. The van der Waals surface area contributed by atoms with Crippen molar-refractivity contribution < 1.29 is 19.0 Å². The lowest BCUT2D eigenvalue weighted by molar-refractivity contribution is 0.0926. The summed E-state index contributed by atoms with van der Waals surface area (Å²) in [5, 5.41) is 15.3. The third-order valence-corrected chi connectivity index (χ3v) is 3.24. The standard InChI is InChI=1S/C13H17FN2O3/c1-19-12-3-2-8(4-10(12)14)13(18)16-6-9-5-15-7-11(9)17/h2-4,9,11,15,17H,5-7H2,1H3,(H,16,18). The van der Waals surface area contributed by atoms with Gasteiger partial charge in [0.15, 0.2) is 11.6 Å². The molecule has 0 bridgehead atoms. The van der Waals surface area contributed by atoms with Crippen LogP contribution in [0.2, 0.25) is 0 Å². The van der Waals surface area contributed by atoms with Crippen molar-refractivity contribution in [1.29, 1.82) is 0 Å². The first-order valence-corrected chi connectivity index (χ1v) is 6.12. The summed E-state index contributed by atoms with van der Waals surface area (Å²) >= 11 is 0. The Hall–Kier alpha value is -1.66. The van der Waals surface area contributed by atoms with Gasteiger partial charge in [-0.2, -0.15) is 0 Å². The van der Waals surface area contributed by atoms with Crippen molar-refractivity contribution in [3.8, 4) is 5.75 Å². The van der Waals surface area contributed by atoms with Gasteiger partial charge in [0.05, 0.1) is 13.2 Å². The highest BCUT2D eigenvalue weighted by Gasteiger charge is 2.25. The Morgan fingerprint density at radius 3 is 2.95 bits per heavy atom. The Morgan fingerprint density at radius 2 is 2.37 bits per heavy atom. The fourth-order valence-electron chi connectivity index (χ4n) is 2.06.